The number of carboxylic acids is 1. The van der Waals surface area contributed by atoms with Crippen LogP contribution < -0.4 is 5.32 Å². The van der Waals surface area contributed by atoms with Crippen molar-refractivity contribution in [3.05, 3.63) is 24.2 Å². The van der Waals surface area contributed by atoms with Crippen LogP contribution in [0.15, 0.2) is 22.8 Å². The Bertz CT molecular complexity index is 398. The largest absolute Gasteiger partial charge is 0.480 e. The van der Waals surface area contributed by atoms with E-state index in [0.717, 1.165) is 4.90 Å². The van der Waals surface area contributed by atoms with Gasteiger partial charge in [-0.15, -0.1) is 0 Å². The molecule has 0 aliphatic carbocycles. The van der Waals surface area contributed by atoms with Gasteiger partial charge in [-0.25, -0.2) is 9.59 Å². The minimum Gasteiger partial charge on any atom is -0.480 e. The molecule has 0 aliphatic rings. The van der Waals surface area contributed by atoms with Crippen LogP contribution >= 0.6 is 0 Å². The summed E-state index contributed by atoms with van der Waals surface area (Å²) in [6, 6.07) is 2.98. The highest BCUT2D eigenvalue weighted by molar-refractivity contribution is 5.85. The van der Waals surface area contributed by atoms with Gasteiger partial charge in [-0.2, -0.15) is 0 Å². The Morgan fingerprint density at radius 1 is 1.53 bits per heavy atom. The number of likely N-dealkylation sites (N-methyl/N-ethyl adjacent to an activating group) is 1. The normalized spacial score (nSPS) is 11.0. The quantitative estimate of drug-likeness (QED) is 0.830. The average molecular weight is 240 g/mol. The third-order valence-corrected chi connectivity index (χ3v) is 2.66. The molecule has 6 nitrogen and oxygen atoms in total. The Morgan fingerprint density at radius 3 is 2.65 bits per heavy atom. The maximum Gasteiger partial charge on any atom is 0.329 e. The molecule has 0 saturated heterocycles. The molecule has 0 atom stereocenters. The Labute approximate surface area is 99.2 Å². The minimum absolute atomic E-state index is 0.228. The number of hydrogen-bond donors (Lipinski definition) is 2. The SMILES string of the molecule is CN(C(=O)NCc1ccco1)C(C)(C)C(=O)O. The lowest BCUT2D eigenvalue weighted by Crippen LogP contribution is -2.53. The zero-order valence-electron chi connectivity index (χ0n) is 10.1. The van der Waals surface area contributed by atoms with E-state index in [2.05, 4.69) is 5.32 Å². The minimum atomic E-state index is -1.26. The Balaban J connectivity index is 2.56. The second kappa shape index (κ2) is 4.90. The summed E-state index contributed by atoms with van der Waals surface area (Å²) in [5, 5.41) is 11.5. The number of nitrogens with one attached hydrogen (secondary N) is 1. The molecule has 0 unspecified atom stereocenters. The van der Waals surface area contributed by atoms with Gasteiger partial charge in [0.2, 0.25) is 0 Å². The van der Waals surface area contributed by atoms with Gasteiger partial charge in [-0.05, 0) is 26.0 Å². The third-order valence-electron chi connectivity index (χ3n) is 2.66. The van der Waals surface area contributed by atoms with Gasteiger partial charge in [-0.3, -0.25) is 0 Å². The maximum absolute atomic E-state index is 11.7. The maximum atomic E-state index is 11.7. The van der Waals surface area contributed by atoms with Gasteiger partial charge in [0.05, 0.1) is 12.8 Å². The zero-order chi connectivity index (χ0) is 13.1. The van der Waals surface area contributed by atoms with Crippen LogP contribution in [0.3, 0.4) is 0 Å². The molecular formula is C11H16N2O4. The molecule has 17 heavy (non-hydrogen) atoms. The Kier molecular flexibility index (Phi) is 3.77. The van der Waals surface area contributed by atoms with E-state index in [0.29, 0.717) is 5.76 Å². The number of rotatable bonds is 4. The number of nitrogens with zero attached hydrogens (tertiary/aromatic N) is 1. The Morgan fingerprint density at radius 2 is 2.18 bits per heavy atom. The molecule has 94 valence electrons. The lowest BCUT2D eigenvalue weighted by molar-refractivity contribution is -0.146. The number of furan rings is 1. The van der Waals surface area contributed by atoms with Gasteiger partial charge in [0.1, 0.15) is 11.3 Å². The number of hydrogen-bond acceptors (Lipinski definition) is 3. The fraction of sp³-hybridized carbons (Fsp3) is 0.455. The number of aliphatic carboxylic acids is 1. The van der Waals surface area contributed by atoms with Crippen LogP contribution in [-0.2, 0) is 11.3 Å². The summed E-state index contributed by atoms with van der Waals surface area (Å²) >= 11 is 0. The van der Waals surface area contributed by atoms with Crippen LogP contribution in [0.4, 0.5) is 4.79 Å². The average Bonchev–Trinajstić information content (AvgIpc) is 2.77. The van der Waals surface area contributed by atoms with Crippen LogP contribution in [0.5, 0.6) is 0 Å². The molecule has 0 aliphatic heterocycles. The van der Waals surface area contributed by atoms with Crippen LogP contribution in [-0.4, -0.2) is 34.6 Å². The van der Waals surface area contributed by atoms with Gasteiger partial charge in [0, 0.05) is 7.05 Å². The third kappa shape index (κ3) is 2.99. The first kappa shape index (κ1) is 13.1. The summed E-state index contributed by atoms with van der Waals surface area (Å²) in [5.74, 6) is -0.451. The van der Waals surface area contributed by atoms with Crippen LogP contribution in [0.25, 0.3) is 0 Å². The molecule has 0 bridgehead atoms. The topological polar surface area (TPSA) is 82.8 Å². The molecule has 2 amide bonds. The van der Waals surface area contributed by atoms with E-state index in [4.69, 9.17) is 9.52 Å². The molecule has 2 N–H and O–H groups in total. The first-order valence-corrected chi connectivity index (χ1v) is 5.13. The first-order valence-electron chi connectivity index (χ1n) is 5.13. The lowest BCUT2D eigenvalue weighted by atomic mass is 10.1. The summed E-state index contributed by atoms with van der Waals surface area (Å²) < 4.78 is 5.05. The number of carbonyl (C=O) groups is 2. The molecule has 6 heteroatoms. The van der Waals surface area contributed by atoms with Crippen molar-refractivity contribution in [1.29, 1.82) is 0 Å². The van der Waals surface area contributed by atoms with Crippen LogP contribution in [0.1, 0.15) is 19.6 Å². The molecular weight excluding hydrogens is 224 g/mol. The second-order valence-electron chi connectivity index (χ2n) is 4.16. The van der Waals surface area contributed by atoms with E-state index >= 15 is 0 Å². The van der Waals surface area contributed by atoms with Crippen molar-refractivity contribution >= 4 is 12.0 Å². The van der Waals surface area contributed by atoms with Crippen LogP contribution in [0.2, 0.25) is 0 Å². The number of amides is 2. The molecule has 1 aromatic rings. The van der Waals surface area contributed by atoms with E-state index < -0.39 is 17.5 Å². The van der Waals surface area contributed by atoms with E-state index in [9.17, 15) is 9.59 Å². The first-order chi connectivity index (χ1) is 7.85. The fourth-order valence-electron chi connectivity index (χ4n) is 1.09. The van der Waals surface area contributed by atoms with Crippen molar-refractivity contribution in [3.8, 4) is 0 Å². The van der Waals surface area contributed by atoms with E-state index in [1.165, 1.54) is 27.2 Å². The molecule has 1 heterocycles. The van der Waals surface area contributed by atoms with Gasteiger partial charge >= 0.3 is 12.0 Å². The van der Waals surface area contributed by atoms with Gasteiger partial charge in [0.15, 0.2) is 0 Å². The number of carbonyl (C=O) groups excluding carboxylic acids is 1. The van der Waals surface area contributed by atoms with Crippen molar-refractivity contribution in [2.45, 2.75) is 25.9 Å². The van der Waals surface area contributed by atoms with Crippen LogP contribution in [0, 0.1) is 0 Å². The number of urea groups is 1. The van der Waals surface area contributed by atoms with Crippen molar-refractivity contribution in [3.63, 3.8) is 0 Å². The molecule has 0 fully saturated rings. The molecule has 1 rings (SSSR count). The van der Waals surface area contributed by atoms with E-state index in [-0.39, 0.29) is 6.54 Å². The van der Waals surface area contributed by atoms with Crippen molar-refractivity contribution in [2.75, 3.05) is 7.05 Å². The zero-order valence-corrected chi connectivity index (χ0v) is 10.1. The predicted molar refractivity (Wildman–Crippen MR) is 60.4 cm³/mol. The monoisotopic (exact) mass is 240 g/mol. The molecule has 0 spiro atoms. The second-order valence-corrected chi connectivity index (χ2v) is 4.16. The molecule has 1 aromatic heterocycles. The summed E-state index contributed by atoms with van der Waals surface area (Å²) in [5.41, 5.74) is -1.26. The lowest BCUT2D eigenvalue weighted by Gasteiger charge is -2.31. The fourth-order valence-corrected chi connectivity index (χ4v) is 1.09. The molecule has 0 radical (unpaired) electrons. The highest BCUT2D eigenvalue weighted by Gasteiger charge is 2.35. The summed E-state index contributed by atoms with van der Waals surface area (Å²) in [6.07, 6.45) is 1.51. The summed E-state index contributed by atoms with van der Waals surface area (Å²) in [4.78, 5) is 23.8. The Hall–Kier alpha value is -1.98. The summed E-state index contributed by atoms with van der Waals surface area (Å²) in [7, 11) is 1.44. The summed E-state index contributed by atoms with van der Waals surface area (Å²) in [6.45, 7) is 3.15. The molecule has 0 saturated carbocycles. The van der Waals surface area contributed by atoms with Gasteiger partial charge in [0.25, 0.3) is 0 Å². The highest BCUT2D eigenvalue weighted by Crippen LogP contribution is 2.12. The van der Waals surface area contributed by atoms with Crippen molar-refractivity contribution in [2.24, 2.45) is 0 Å². The van der Waals surface area contributed by atoms with Crippen molar-refractivity contribution in [1.82, 2.24) is 10.2 Å². The van der Waals surface area contributed by atoms with Gasteiger partial charge < -0.3 is 19.7 Å². The highest BCUT2D eigenvalue weighted by atomic mass is 16.4. The van der Waals surface area contributed by atoms with Gasteiger partial charge in [-0.1, -0.05) is 0 Å². The smallest absolute Gasteiger partial charge is 0.329 e. The standard InChI is InChI=1S/C11H16N2O4/c1-11(2,9(14)15)13(3)10(16)12-7-8-5-4-6-17-8/h4-6H,7H2,1-3H3,(H,12,16)(H,14,15). The van der Waals surface area contributed by atoms with E-state index in [1.54, 1.807) is 12.1 Å². The van der Waals surface area contributed by atoms with E-state index in [1.807, 2.05) is 0 Å². The molecule has 0 aromatic carbocycles. The van der Waals surface area contributed by atoms with Crippen molar-refractivity contribution < 1.29 is 19.1 Å². The predicted octanol–water partition coefficient (Wildman–Crippen LogP) is 1.28. The number of carboxylic acid groups (broad SMARTS) is 1.